The van der Waals surface area contributed by atoms with Crippen molar-refractivity contribution in [3.05, 3.63) is 47.3 Å². The second kappa shape index (κ2) is 8.31. The average molecular weight is 382 g/mol. The second-order valence-corrected chi connectivity index (χ2v) is 8.05. The van der Waals surface area contributed by atoms with Crippen LogP contribution in [-0.4, -0.2) is 31.1 Å². The first-order valence-corrected chi connectivity index (χ1v) is 9.96. The Morgan fingerprint density at radius 2 is 1.82 bits per heavy atom. The molecule has 1 aromatic carbocycles. The predicted molar refractivity (Wildman–Crippen MR) is 112 cm³/mol. The van der Waals surface area contributed by atoms with Crippen molar-refractivity contribution in [3.8, 4) is 16.9 Å². The number of carbonyl (C=O) groups excluding carboxylic acids is 1. The van der Waals surface area contributed by atoms with Crippen molar-refractivity contribution in [1.82, 2.24) is 10.3 Å². The van der Waals surface area contributed by atoms with Gasteiger partial charge in [-0.1, -0.05) is 6.07 Å². The van der Waals surface area contributed by atoms with Crippen LogP contribution in [-0.2, 0) is 11.2 Å². The van der Waals surface area contributed by atoms with Crippen LogP contribution in [0.1, 0.15) is 42.6 Å². The van der Waals surface area contributed by atoms with Crippen molar-refractivity contribution in [2.24, 2.45) is 11.1 Å². The lowest BCUT2D eigenvalue weighted by atomic mass is 9.68. The van der Waals surface area contributed by atoms with Crippen LogP contribution in [0.4, 0.5) is 0 Å². The van der Waals surface area contributed by atoms with Gasteiger partial charge < -0.3 is 15.8 Å². The van der Waals surface area contributed by atoms with Crippen molar-refractivity contribution in [2.75, 3.05) is 14.2 Å². The summed E-state index contributed by atoms with van der Waals surface area (Å²) in [4.78, 5) is 16.9. The monoisotopic (exact) mass is 381 g/mol. The smallest absolute Gasteiger partial charge is 0.223 e. The molecule has 5 heteroatoms. The molecule has 1 fully saturated rings. The van der Waals surface area contributed by atoms with E-state index in [0.717, 1.165) is 59.5 Å². The Morgan fingerprint density at radius 3 is 2.36 bits per heavy atom. The van der Waals surface area contributed by atoms with Crippen LogP contribution < -0.4 is 15.8 Å². The van der Waals surface area contributed by atoms with E-state index in [1.165, 1.54) is 0 Å². The molecule has 2 aromatic rings. The van der Waals surface area contributed by atoms with Gasteiger partial charge in [-0.2, -0.15) is 0 Å². The molecule has 1 saturated carbocycles. The fourth-order valence-corrected chi connectivity index (χ4v) is 4.43. The molecule has 0 unspecified atom stereocenters. The van der Waals surface area contributed by atoms with Gasteiger partial charge in [0.2, 0.25) is 5.91 Å². The lowest BCUT2D eigenvalue weighted by Crippen LogP contribution is -2.45. The van der Waals surface area contributed by atoms with Crippen LogP contribution in [0.25, 0.3) is 11.1 Å². The van der Waals surface area contributed by atoms with Gasteiger partial charge in [0, 0.05) is 17.4 Å². The van der Waals surface area contributed by atoms with Crippen molar-refractivity contribution in [1.29, 1.82) is 0 Å². The van der Waals surface area contributed by atoms with E-state index in [2.05, 4.69) is 34.6 Å². The number of carbonyl (C=O) groups is 1. The highest BCUT2D eigenvalue weighted by atomic mass is 16.5. The molecule has 1 aliphatic carbocycles. The Hall–Kier alpha value is -2.40. The summed E-state index contributed by atoms with van der Waals surface area (Å²) < 4.78 is 5.62. The quantitative estimate of drug-likeness (QED) is 0.802. The zero-order valence-electron chi connectivity index (χ0n) is 17.3. The molecule has 1 aliphatic rings. The highest BCUT2D eigenvalue weighted by molar-refractivity contribution is 5.81. The van der Waals surface area contributed by atoms with Gasteiger partial charge in [-0.15, -0.1) is 0 Å². The van der Waals surface area contributed by atoms with Gasteiger partial charge in [0.15, 0.2) is 0 Å². The van der Waals surface area contributed by atoms with E-state index < -0.39 is 5.41 Å². The summed E-state index contributed by atoms with van der Waals surface area (Å²) in [5.74, 6) is 0.604. The van der Waals surface area contributed by atoms with Crippen molar-refractivity contribution >= 4 is 5.91 Å². The molecule has 0 saturated heterocycles. The van der Waals surface area contributed by atoms with Gasteiger partial charge in [0.05, 0.1) is 12.5 Å². The van der Waals surface area contributed by atoms with E-state index in [0.29, 0.717) is 12.5 Å². The number of nitrogens with zero attached hydrogens (tertiary/aromatic N) is 1. The van der Waals surface area contributed by atoms with Gasteiger partial charge in [0.1, 0.15) is 5.75 Å². The third-order valence-electron chi connectivity index (χ3n) is 6.10. The van der Waals surface area contributed by atoms with Crippen LogP contribution in [0.5, 0.6) is 5.75 Å². The first-order chi connectivity index (χ1) is 13.4. The normalized spacial score (nSPS) is 22.1. The highest BCUT2D eigenvalue weighted by Gasteiger charge is 2.40. The molecular formula is C23H31N3O2. The summed E-state index contributed by atoms with van der Waals surface area (Å²) in [6.45, 7) is 4.01. The van der Waals surface area contributed by atoms with Gasteiger partial charge >= 0.3 is 0 Å². The molecular weight excluding hydrogens is 350 g/mol. The average Bonchev–Trinajstić information content (AvgIpc) is 2.67. The van der Waals surface area contributed by atoms with Gasteiger partial charge in [-0.25, -0.2) is 0 Å². The van der Waals surface area contributed by atoms with E-state index in [4.69, 9.17) is 10.5 Å². The van der Waals surface area contributed by atoms with Gasteiger partial charge in [-0.05, 0) is 94.0 Å². The topological polar surface area (TPSA) is 77.2 Å². The predicted octanol–water partition coefficient (Wildman–Crippen LogP) is 3.55. The third-order valence-corrected chi connectivity index (χ3v) is 6.10. The summed E-state index contributed by atoms with van der Waals surface area (Å²) in [7, 11) is 3.65. The number of hydrogen-bond donors (Lipinski definition) is 2. The summed E-state index contributed by atoms with van der Waals surface area (Å²) in [5.41, 5.74) is 10.6. The molecule has 28 heavy (non-hydrogen) atoms. The Bertz CT molecular complexity index is 835. The Kier molecular flexibility index (Phi) is 6.04. The molecule has 1 aromatic heterocycles. The molecule has 3 rings (SSSR count). The van der Waals surface area contributed by atoms with Crippen molar-refractivity contribution in [3.63, 3.8) is 0 Å². The maximum absolute atomic E-state index is 12.5. The minimum Gasteiger partial charge on any atom is -0.496 e. The molecule has 1 heterocycles. The Labute approximate surface area is 167 Å². The van der Waals surface area contributed by atoms with Crippen LogP contribution in [0.2, 0.25) is 0 Å². The molecule has 3 N–H and O–H groups in total. The Morgan fingerprint density at radius 1 is 1.18 bits per heavy atom. The number of primary amides is 1. The fourth-order valence-electron chi connectivity index (χ4n) is 4.43. The van der Waals surface area contributed by atoms with Gasteiger partial charge in [0.25, 0.3) is 0 Å². The largest absolute Gasteiger partial charge is 0.496 e. The lowest BCUT2D eigenvalue weighted by molar-refractivity contribution is -0.129. The molecule has 1 amide bonds. The number of hydrogen-bond acceptors (Lipinski definition) is 4. The zero-order valence-corrected chi connectivity index (χ0v) is 17.3. The third kappa shape index (κ3) is 4.20. The van der Waals surface area contributed by atoms with E-state index in [9.17, 15) is 4.79 Å². The fraction of sp³-hybridized carbons (Fsp3) is 0.478. The molecule has 0 bridgehead atoms. The molecule has 0 radical (unpaired) electrons. The minimum absolute atomic E-state index is 0.204. The highest BCUT2D eigenvalue weighted by Crippen LogP contribution is 2.41. The van der Waals surface area contributed by atoms with Crippen molar-refractivity contribution in [2.45, 2.75) is 52.0 Å². The number of ether oxygens (including phenoxy) is 1. The summed E-state index contributed by atoms with van der Waals surface area (Å²) in [6, 6.07) is 10.8. The summed E-state index contributed by atoms with van der Waals surface area (Å²) in [5, 5.41) is 3.33. The number of amides is 1. The summed E-state index contributed by atoms with van der Waals surface area (Å²) >= 11 is 0. The van der Waals surface area contributed by atoms with Crippen LogP contribution in [0.15, 0.2) is 30.3 Å². The molecule has 5 nitrogen and oxygen atoms in total. The molecule has 0 aliphatic heterocycles. The maximum atomic E-state index is 12.5. The lowest BCUT2D eigenvalue weighted by Gasteiger charge is -2.38. The van der Waals surface area contributed by atoms with Crippen molar-refractivity contribution < 1.29 is 9.53 Å². The molecule has 0 spiro atoms. The number of methoxy groups -OCH3 is 1. The van der Waals surface area contributed by atoms with E-state index in [-0.39, 0.29) is 5.91 Å². The Balaban J connectivity index is 1.96. The maximum Gasteiger partial charge on any atom is 0.223 e. The first-order valence-electron chi connectivity index (χ1n) is 9.96. The zero-order chi connectivity index (χ0) is 20.3. The van der Waals surface area contributed by atoms with Crippen LogP contribution >= 0.6 is 0 Å². The number of nitrogens with two attached hydrogens (primary N) is 1. The number of aromatic nitrogens is 1. The standard InChI is InChI=1S/C23H31N3O2/c1-15-11-18(12-16(2)26-15)17-5-6-21(28-4)19(13-17)14-23(22(24)27)9-7-20(25-3)8-10-23/h5-6,11-13,20,25H,7-10,14H2,1-4H3,(H2,24,27). The first kappa shape index (κ1) is 20.3. The van der Waals surface area contributed by atoms with Crippen LogP contribution in [0.3, 0.4) is 0 Å². The minimum atomic E-state index is -0.511. The summed E-state index contributed by atoms with van der Waals surface area (Å²) in [6.07, 6.45) is 4.14. The van der Waals surface area contributed by atoms with E-state index >= 15 is 0 Å². The number of aryl methyl sites for hydroxylation is 2. The number of nitrogens with one attached hydrogen (secondary N) is 1. The van der Waals surface area contributed by atoms with Crippen LogP contribution in [0, 0.1) is 19.3 Å². The number of pyridine rings is 1. The molecule has 150 valence electrons. The van der Waals surface area contributed by atoms with Gasteiger partial charge in [-0.3, -0.25) is 9.78 Å². The number of rotatable bonds is 6. The van der Waals surface area contributed by atoms with E-state index in [1.807, 2.05) is 27.0 Å². The van der Waals surface area contributed by atoms with E-state index in [1.54, 1.807) is 7.11 Å². The SMILES string of the molecule is CNC1CCC(Cc2cc(-c3cc(C)nc(C)c3)ccc2OC)(C(N)=O)CC1. The molecule has 0 atom stereocenters. The number of benzene rings is 1. The second-order valence-electron chi connectivity index (χ2n) is 8.05.